The summed E-state index contributed by atoms with van der Waals surface area (Å²) in [5, 5.41) is 4.05. The Labute approximate surface area is 163 Å². The Morgan fingerprint density at radius 1 is 0.857 bits per heavy atom. The Morgan fingerprint density at radius 3 is 2.21 bits per heavy atom. The average molecular weight is 373 g/mol. The van der Waals surface area contributed by atoms with Gasteiger partial charge in [0.05, 0.1) is 11.6 Å². The molecule has 3 aromatic carbocycles. The molecule has 0 amide bonds. The van der Waals surface area contributed by atoms with Crippen LogP contribution >= 0.6 is 0 Å². The van der Waals surface area contributed by atoms with Gasteiger partial charge in [0.15, 0.2) is 0 Å². The highest BCUT2D eigenvalue weighted by atomic mass is 19.1. The van der Waals surface area contributed by atoms with Crippen LogP contribution in [0.1, 0.15) is 13.8 Å². The standard InChI is InChI=1S/C23H20FN3O/c1-15(2)28-20-10-5-17(6-11-20)16-3-8-19(9-4-16)27-23-21-12-7-18(24)13-22(21)25-14-26-23/h3-15H,1-2H3,(H,25,26,27). The van der Waals surface area contributed by atoms with Gasteiger partial charge in [0.1, 0.15) is 23.7 Å². The highest BCUT2D eigenvalue weighted by Crippen LogP contribution is 2.27. The zero-order chi connectivity index (χ0) is 19.5. The molecule has 0 saturated carbocycles. The molecule has 0 aliphatic heterocycles. The first-order valence-electron chi connectivity index (χ1n) is 9.13. The molecule has 0 aliphatic carbocycles. The number of hydrogen-bond acceptors (Lipinski definition) is 4. The summed E-state index contributed by atoms with van der Waals surface area (Å²) in [7, 11) is 0. The van der Waals surface area contributed by atoms with Crippen LogP contribution in [0.25, 0.3) is 22.0 Å². The van der Waals surface area contributed by atoms with Crippen LogP contribution in [-0.2, 0) is 0 Å². The number of nitrogens with one attached hydrogen (secondary N) is 1. The summed E-state index contributed by atoms with van der Waals surface area (Å²) in [6.45, 7) is 4.02. The van der Waals surface area contributed by atoms with Crippen LogP contribution in [0, 0.1) is 5.82 Å². The maximum atomic E-state index is 13.4. The van der Waals surface area contributed by atoms with E-state index in [9.17, 15) is 4.39 Å². The molecule has 4 aromatic rings. The van der Waals surface area contributed by atoms with Gasteiger partial charge in [-0.3, -0.25) is 0 Å². The largest absolute Gasteiger partial charge is 0.491 e. The molecule has 0 atom stereocenters. The molecular formula is C23H20FN3O. The SMILES string of the molecule is CC(C)Oc1ccc(-c2ccc(Nc3ncnc4cc(F)ccc34)cc2)cc1. The van der Waals surface area contributed by atoms with E-state index < -0.39 is 0 Å². The molecule has 1 heterocycles. The number of anilines is 2. The highest BCUT2D eigenvalue weighted by molar-refractivity contribution is 5.90. The van der Waals surface area contributed by atoms with E-state index in [0.29, 0.717) is 11.3 Å². The molecule has 0 spiro atoms. The lowest BCUT2D eigenvalue weighted by atomic mass is 10.1. The third-order valence-corrected chi connectivity index (χ3v) is 4.31. The average Bonchev–Trinajstić information content (AvgIpc) is 2.69. The molecule has 0 radical (unpaired) electrons. The molecule has 0 unspecified atom stereocenters. The summed E-state index contributed by atoms with van der Waals surface area (Å²) in [6, 6.07) is 20.6. The minimum absolute atomic E-state index is 0.158. The van der Waals surface area contributed by atoms with Crippen LogP contribution in [0.4, 0.5) is 15.9 Å². The van der Waals surface area contributed by atoms with Crippen molar-refractivity contribution in [2.45, 2.75) is 20.0 Å². The monoisotopic (exact) mass is 373 g/mol. The number of halogens is 1. The number of hydrogen-bond donors (Lipinski definition) is 1. The van der Waals surface area contributed by atoms with Gasteiger partial charge < -0.3 is 10.1 Å². The molecule has 0 saturated heterocycles. The molecule has 1 aromatic heterocycles. The van der Waals surface area contributed by atoms with Gasteiger partial charge in [-0.25, -0.2) is 14.4 Å². The zero-order valence-corrected chi connectivity index (χ0v) is 15.7. The van der Waals surface area contributed by atoms with Crippen molar-refractivity contribution in [3.8, 4) is 16.9 Å². The van der Waals surface area contributed by atoms with Crippen molar-refractivity contribution >= 4 is 22.4 Å². The number of rotatable bonds is 5. The van der Waals surface area contributed by atoms with Crippen molar-refractivity contribution in [2.75, 3.05) is 5.32 Å². The van der Waals surface area contributed by atoms with Crippen LogP contribution in [0.3, 0.4) is 0 Å². The van der Waals surface area contributed by atoms with Crippen molar-refractivity contribution in [3.05, 3.63) is 78.9 Å². The fourth-order valence-corrected chi connectivity index (χ4v) is 3.01. The molecule has 140 valence electrons. The zero-order valence-electron chi connectivity index (χ0n) is 15.7. The van der Waals surface area contributed by atoms with E-state index in [1.165, 1.54) is 18.5 Å². The van der Waals surface area contributed by atoms with Crippen LogP contribution in [-0.4, -0.2) is 16.1 Å². The predicted molar refractivity (Wildman–Crippen MR) is 110 cm³/mol. The Hall–Kier alpha value is -3.47. The maximum Gasteiger partial charge on any atom is 0.141 e. The van der Waals surface area contributed by atoms with Crippen molar-refractivity contribution < 1.29 is 9.13 Å². The van der Waals surface area contributed by atoms with Gasteiger partial charge in [-0.1, -0.05) is 24.3 Å². The molecule has 0 bridgehead atoms. The van der Waals surface area contributed by atoms with Gasteiger partial charge in [-0.05, 0) is 61.4 Å². The minimum atomic E-state index is -0.314. The Balaban J connectivity index is 1.54. The van der Waals surface area contributed by atoms with E-state index in [1.54, 1.807) is 6.07 Å². The first-order chi connectivity index (χ1) is 13.6. The molecular weight excluding hydrogens is 353 g/mol. The fourth-order valence-electron chi connectivity index (χ4n) is 3.01. The smallest absolute Gasteiger partial charge is 0.141 e. The van der Waals surface area contributed by atoms with Crippen molar-refractivity contribution in [1.82, 2.24) is 9.97 Å². The Morgan fingerprint density at radius 2 is 1.54 bits per heavy atom. The minimum Gasteiger partial charge on any atom is -0.491 e. The summed E-state index contributed by atoms with van der Waals surface area (Å²) in [5.41, 5.74) is 3.69. The predicted octanol–water partition coefficient (Wildman–Crippen LogP) is 5.97. The molecule has 28 heavy (non-hydrogen) atoms. The highest BCUT2D eigenvalue weighted by Gasteiger charge is 2.06. The van der Waals surface area contributed by atoms with Crippen LogP contribution < -0.4 is 10.1 Å². The van der Waals surface area contributed by atoms with Gasteiger partial charge in [0, 0.05) is 17.1 Å². The van der Waals surface area contributed by atoms with E-state index in [2.05, 4.69) is 15.3 Å². The molecule has 4 nitrogen and oxygen atoms in total. The lowest BCUT2D eigenvalue weighted by Crippen LogP contribution is -2.05. The van der Waals surface area contributed by atoms with Crippen LogP contribution in [0.2, 0.25) is 0 Å². The molecule has 0 fully saturated rings. The molecule has 1 N–H and O–H groups in total. The molecule has 0 aliphatic rings. The van der Waals surface area contributed by atoms with E-state index in [1.807, 2.05) is 62.4 Å². The summed E-state index contributed by atoms with van der Waals surface area (Å²) < 4.78 is 19.1. The number of fused-ring (bicyclic) bond motifs is 1. The second kappa shape index (κ2) is 7.64. The van der Waals surface area contributed by atoms with E-state index in [-0.39, 0.29) is 11.9 Å². The number of benzene rings is 3. The molecule has 4 rings (SSSR count). The normalized spacial score (nSPS) is 11.0. The number of nitrogens with zero attached hydrogens (tertiary/aromatic N) is 2. The summed E-state index contributed by atoms with van der Waals surface area (Å²) in [6.07, 6.45) is 1.59. The van der Waals surface area contributed by atoms with Crippen molar-refractivity contribution in [2.24, 2.45) is 0 Å². The van der Waals surface area contributed by atoms with Gasteiger partial charge in [-0.2, -0.15) is 0 Å². The van der Waals surface area contributed by atoms with Crippen LogP contribution in [0.5, 0.6) is 5.75 Å². The third kappa shape index (κ3) is 3.93. The number of ether oxygens (including phenoxy) is 1. The van der Waals surface area contributed by atoms with E-state index in [4.69, 9.17) is 4.74 Å². The third-order valence-electron chi connectivity index (χ3n) is 4.31. The lowest BCUT2D eigenvalue weighted by molar-refractivity contribution is 0.242. The summed E-state index contributed by atoms with van der Waals surface area (Å²) in [4.78, 5) is 8.41. The summed E-state index contributed by atoms with van der Waals surface area (Å²) in [5.74, 6) is 1.20. The van der Waals surface area contributed by atoms with Crippen molar-refractivity contribution in [1.29, 1.82) is 0 Å². The Kier molecular flexibility index (Phi) is 4.89. The molecule has 5 heteroatoms. The van der Waals surface area contributed by atoms with Crippen LogP contribution in [0.15, 0.2) is 73.1 Å². The first-order valence-corrected chi connectivity index (χ1v) is 9.13. The van der Waals surface area contributed by atoms with Crippen molar-refractivity contribution in [3.63, 3.8) is 0 Å². The topological polar surface area (TPSA) is 47.0 Å². The summed E-state index contributed by atoms with van der Waals surface area (Å²) >= 11 is 0. The maximum absolute atomic E-state index is 13.4. The first kappa shape index (κ1) is 17.9. The quantitative estimate of drug-likeness (QED) is 0.468. The lowest BCUT2D eigenvalue weighted by Gasteiger charge is -2.11. The van der Waals surface area contributed by atoms with E-state index in [0.717, 1.165) is 28.0 Å². The second-order valence-corrected chi connectivity index (χ2v) is 6.78. The van der Waals surface area contributed by atoms with E-state index >= 15 is 0 Å². The Bertz CT molecular complexity index is 1090. The van der Waals surface area contributed by atoms with Gasteiger partial charge in [-0.15, -0.1) is 0 Å². The van der Waals surface area contributed by atoms with Gasteiger partial charge in [0.25, 0.3) is 0 Å². The fraction of sp³-hybridized carbons (Fsp3) is 0.130. The number of aromatic nitrogens is 2. The second-order valence-electron chi connectivity index (χ2n) is 6.78. The van der Waals surface area contributed by atoms with Gasteiger partial charge in [0.2, 0.25) is 0 Å². The van der Waals surface area contributed by atoms with Gasteiger partial charge >= 0.3 is 0 Å².